The van der Waals surface area contributed by atoms with Crippen LogP contribution in [-0.4, -0.2) is 42.2 Å². The molecule has 2 aromatic carbocycles. The summed E-state index contributed by atoms with van der Waals surface area (Å²) in [6.45, 7) is -0.0161. The smallest absolute Gasteiger partial charge is 0.338 e. The number of likely N-dealkylation sites (N-methyl/N-ethyl adjacent to an activating group) is 1. The van der Waals surface area contributed by atoms with Crippen molar-refractivity contribution in [3.63, 3.8) is 0 Å². The Morgan fingerprint density at radius 3 is 2.50 bits per heavy atom. The number of halogens is 1. The van der Waals surface area contributed by atoms with E-state index >= 15 is 0 Å². The van der Waals surface area contributed by atoms with Crippen LogP contribution in [0.4, 0.5) is 5.69 Å². The molecule has 0 fully saturated rings. The van der Waals surface area contributed by atoms with Crippen molar-refractivity contribution in [3.8, 4) is 0 Å². The number of fused-ring (bicyclic) bond motifs is 1. The van der Waals surface area contributed by atoms with E-state index in [4.69, 9.17) is 16.3 Å². The van der Waals surface area contributed by atoms with Crippen LogP contribution in [0.5, 0.6) is 0 Å². The van der Waals surface area contributed by atoms with Gasteiger partial charge in [0.15, 0.2) is 6.61 Å². The van der Waals surface area contributed by atoms with Crippen molar-refractivity contribution in [2.24, 2.45) is 0 Å². The van der Waals surface area contributed by atoms with Crippen molar-refractivity contribution < 1.29 is 23.9 Å². The van der Waals surface area contributed by atoms with E-state index in [0.29, 0.717) is 6.54 Å². The van der Waals surface area contributed by atoms with Crippen LogP contribution in [0.2, 0.25) is 5.02 Å². The Bertz CT molecular complexity index is 1220. The molecule has 3 aromatic rings. The average Bonchev–Trinajstić information content (AvgIpc) is 3.38. The second-order valence-electron chi connectivity index (χ2n) is 7.06. The molecular formula is C23H17ClN2O5S. The van der Waals surface area contributed by atoms with Gasteiger partial charge in [-0.1, -0.05) is 29.8 Å². The molecule has 7 nitrogen and oxygen atoms in total. The number of anilines is 1. The van der Waals surface area contributed by atoms with E-state index in [9.17, 15) is 19.2 Å². The van der Waals surface area contributed by atoms with Crippen LogP contribution in [0, 0.1) is 0 Å². The van der Waals surface area contributed by atoms with Crippen molar-refractivity contribution in [2.75, 3.05) is 18.6 Å². The summed E-state index contributed by atoms with van der Waals surface area (Å²) in [6.07, 6.45) is 0. The Balaban J connectivity index is 1.45. The Hall–Kier alpha value is -3.49. The molecule has 0 N–H and O–H groups in total. The number of ether oxygens (including phenoxy) is 1. The third-order valence-corrected chi connectivity index (χ3v) is 6.12. The van der Waals surface area contributed by atoms with E-state index in [0.717, 1.165) is 9.78 Å². The number of benzene rings is 2. The lowest BCUT2D eigenvalue weighted by atomic mass is 10.1. The molecule has 1 aliphatic rings. The highest BCUT2D eigenvalue weighted by molar-refractivity contribution is 7.09. The van der Waals surface area contributed by atoms with Crippen molar-refractivity contribution in [1.82, 2.24) is 4.90 Å². The summed E-state index contributed by atoms with van der Waals surface area (Å²) >= 11 is 7.67. The zero-order valence-corrected chi connectivity index (χ0v) is 18.5. The lowest BCUT2D eigenvalue weighted by molar-refractivity contribution is -0.133. The molecule has 9 heteroatoms. The molecule has 1 aliphatic heterocycles. The van der Waals surface area contributed by atoms with Gasteiger partial charge in [-0.25, -0.2) is 9.69 Å². The van der Waals surface area contributed by atoms with E-state index in [-0.39, 0.29) is 33.3 Å². The molecule has 162 valence electrons. The Morgan fingerprint density at radius 1 is 1.03 bits per heavy atom. The molecule has 0 atom stereocenters. The maximum Gasteiger partial charge on any atom is 0.338 e. The number of hydrogen-bond donors (Lipinski definition) is 0. The van der Waals surface area contributed by atoms with Gasteiger partial charge >= 0.3 is 5.97 Å². The molecule has 0 bridgehead atoms. The first kappa shape index (κ1) is 21.7. The number of thiophene rings is 1. The number of esters is 1. The van der Waals surface area contributed by atoms with Crippen LogP contribution >= 0.6 is 22.9 Å². The number of carbonyl (C=O) groups is 4. The SMILES string of the molecule is CN(Cc1cccs1)C(=O)COC(=O)c1ccc2c(c1)C(=O)N(c1ccccc1Cl)C2=O. The molecule has 0 aliphatic carbocycles. The highest BCUT2D eigenvalue weighted by atomic mass is 35.5. The van der Waals surface area contributed by atoms with Gasteiger partial charge in [-0.05, 0) is 41.8 Å². The summed E-state index contributed by atoms with van der Waals surface area (Å²) < 4.78 is 5.12. The quantitative estimate of drug-likeness (QED) is 0.403. The van der Waals surface area contributed by atoms with Gasteiger partial charge in [0.05, 0.1) is 33.9 Å². The summed E-state index contributed by atoms with van der Waals surface area (Å²) in [6, 6.07) is 14.4. The van der Waals surface area contributed by atoms with Gasteiger partial charge in [0, 0.05) is 11.9 Å². The first-order valence-corrected chi connectivity index (χ1v) is 10.8. The van der Waals surface area contributed by atoms with Gasteiger partial charge in [0.25, 0.3) is 17.7 Å². The van der Waals surface area contributed by atoms with Crippen molar-refractivity contribution in [1.29, 1.82) is 0 Å². The first-order chi connectivity index (χ1) is 15.4. The topological polar surface area (TPSA) is 84.0 Å². The number of carbonyl (C=O) groups excluding carboxylic acids is 4. The molecule has 0 saturated carbocycles. The van der Waals surface area contributed by atoms with Crippen LogP contribution in [-0.2, 0) is 16.1 Å². The second kappa shape index (κ2) is 8.94. The summed E-state index contributed by atoms with van der Waals surface area (Å²) in [7, 11) is 1.62. The van der Waals surface area contributed by atoms with Gasteiger partial charge in [0.2, 0.25) is 0 Å². The number of nitrogens with zero attached hydrogens (tertiary/aromatic N) is 2. The zero-order valence-electron chi connectivity index (χ0n) is 16.9. The maximum atomic E-state index is 12.9. The highest BCUT2D eigenvalue weighted by Gasteiger charge is 2.38. The molecule has 0 radical (unpaired) electrons. The van der Waals surface area contributed by atoms with Crippen LogP contribution in [0.1, 0.15) is 36.0 Å². The third-order valence-electron chi connectivity index (χ3n) is 4.94. The number of para-hydroxylation sites is 1. The van der Waals surface area contributed by atoms with E-state index in [1.165, 1.54) is 34.4 Å². The molecule has 2 heterocycles. The summed E-state index contributed by atoms with van der Waals surface area (Å²) in [5.74, 6) is -2.23. The maximum absolute atomic E-state index is 12.9. The monoisotopic (exact) mass is 468 g/mol. The fourth-order valence-corrected chi connectivity index (χ4v) is 4.24. The molecule has 3 amide bonds. The molecule has 0 saturated heterocycles. The predicted octanol–water partition coefficient (Wildman–Crippen LogP) is 4.02. The van der Waals surface area contributed by atoms with Crippen molar-refractivity contribution in [3.05, 3.63) is 86.6 Å². The van der Waals surface area contributed by atoms with E-state index in [2.05, 4.69) is 0 Å². The van der Waals surface area contributed by atoms with Crippen LogP contribution in [0.25, 0.3) is 0 Å². The second-order valence-corrected chi connectivity index (χ2v) is 8.50. The van der Waals surface area contributed by atoms with Crippen LogP contribution < -0.4 is 4.90 Å². The normalized spacial score (nSPS) is 12.6. The van der Waals surface area contributed by atoms with E-state index < -0.39 is 24.4 Å². The lowest BCUT2D eigenvalue weighted by Crippen LogP contribution is -2.30. The minimum atomic E-state index is -0.762. The molecule has 32 heavy (non-hydrogen) atoms. The molecular weight excluding hydrogens is 452 g/mol. The fraction of sp³-hybridized carbons (Fsp3) is 0.130. The van der Waals surface area contributed by atoms with E-state index in [1.54, 1.807) is 31.3 Å². The van der Waals surface area contributed by atoms with Crippen molar-refractivity contribution in [2.45, 2.75) is 6.54 Å². The molecule has 4 rings (SSSR count). The van der Waals surface area contributed by atoms with Gasteiger partial charge in [0.1, 0.15) is 0 Å². The third kappa shape index (κ3) is 4.15. The summed E-state index contributed by atoms with van der Waals surface area (Å²) in [4.78, 5) is 53.8. The average molecular weight is 469 g/mol. The zero-order chi connectivity index (χ0) is 22.8. The first-order valence-electron chi connectivity index (χ1n) is 9.57. The summed E-state index contributed by atoms with van der Waals surface area (Å²) in [5, 5.41) is 2.17. The summed E-state index contributed by atoms with van der Waals surface area (Å²) in [5.41, 5.74) is 0.576. The number of amides is 3. The van der Waals surface area contributed by atoms with Crippen LogP contribution in [0.15, 0.2) is 60.0 Å². The van der Waals surface area contributed by atoms with Gasteiger partial charge in [-0.3, -0.25) is 14.4 Å². The number of rotatable bonds is 6. The van der Waals surface area contributed by atoms with E-state index in [1.807, 2.05) is 17.5 Å². The molecule has 0 spiro atoms. The van der Waals surface area contributed by atoms with Crippen molar-refractivity contribution >= 4 is 52.3 Å². The minimum absolute atomic E-state index is 0.0691. The Morgan fingerprint density at radius 2 is 1.78 bits per heavy atom. The number of imide groups is 1. The predicted molar refractivity (Wildman–Crippen MR) is 120 cm³/mol. The minimum Gasteiger partial charge on any atom is -0.452 e. The van der Waals surface area contributed by atoms with Crippen LogP contribution in [0.3, 0.4) is 0 Å². The standard InChI is InChI=1S/C23H17ClN2O5S/c1-25(12-15-5-4-10-32-15)20(27)13-31-23(30)14-8-9-16-17(11-14)22(29)26(21(16)28)19-7-3-2-6-18(19)24/h2-11H,12-13H2,1H3. The Kier molecular flexibility index (Phi) is 6.07. The van der Waals surface area contributed by atoms with Gasteiger partial charge in [-0.2, -0.15) is 0 Å². The Labute approximate surface area is 192 Å². The fourth-order valence-electron chi connectivity index (χ4n) is 3.26. The molecule has 1 aromatic heterocycles. The van der Waals surface area contributed by atoms with Gasteiger partial charge in [-0.15, -0.1) is 11.3 Å². The number of hydrogen-bond acceptors (Lipinski definition) is 6. The van der Waals surface area contributed by atoms with Gasteiger partial charge < -0.3 is 9.64 Å². The largest absolute Gasteiger partial charge is 0.452 e. The lowest BCUT2D eigenvalue weighted by Gasteiger charge is -2.16. The molecule has 0 unspecified atom stereocenters. The highest BCUT2D eigenvalue weighted by Crippen LogP contribution is 2.33.